The summed E-state index contributed by atoms with van der Waals surface area (Å²) in [6.07, 6.45) is 3.00. The summed E-state index contributed by atoms with van der Waals surface area (Å²) in [6.45, 7) is 7.23. The summed E-state index contributed by atoms with van der Waals surface area (Å²) < 4.78 is 5.85. The first-order valence-corrected chi connectivity index (χ1v) is 13.5. The first-order chi connectivity index (χ1) is 18.9. The van der Waals surface area contributed by atoms with Crippen LogP contribution in [0.4, 0.5) is 11.4 Å². The van der Waals surface area contributed by atoms with E-state index < -0.39 is 5.92 Å². The molecule has 3 aromatic carbocycles. The van der Waals surface area contributed by atoms with E-state index in [0.29, 0.717) is 55.1 Å². The van der Waals surface area contributed by atoms with Crippen LogP contribution in [0.2, 0.25) is 0 Å². The zero-order valence-electron chi connectivity index (χ0n) is 22.4. The number of para-hydroxylation sites is 1. The highest BCUT2D eigenvalue weighted by molar-refractivity contribution is 6.00. The van der Waals surface area contributed by atoms with Crippen LogP contribution in [0.3, 0.4) is 0 Å². The van der Waals surface area contributed by atoms with E-state index >= 15 is 0 Å². The van der Waals surface area contributed by atoms with E-state index in [-0.39, 0.29) is 23.8 Å². The van der Waals surface area contributed by atoms with Crippen LogP contribution in [-0.2, 0) is 16.0 Å². The van der Waals surface area contributed by atoms with E-state index in [1.807, 2.05) is 73.7 Å². The highest BCUT2D eigenvalue weighted by atomic mass is 16.5. The third-order valence-electron chi connectivity index (χ3n) is 6.65. The summed E-state index contributed by atoms with van der Waals surface area (Å²) in [6, 6.07) is 24.0. The van der Waals surface area contributed by atoms with Gasteiger partial charge in [-0.1, -0.05) is 55.5 Å². The molecule has 2 N–H and O–H groups in total. The predicted molar refractivity (Wildman–Crippen MR) is 154 cm³/mol. The van der Waals surface area contributed by atoms with Crippen LogP contribution in [0, 0.1) is 12.8 Å². The molecular weight excluding hydrogens is 490 g/mol. The number of rotatable bonds is 12. The summed E-state index contributed by atoms with van der Waals surface area (Å²) in [7, 11) is 0. The maximum atomic E-state index is 13.6. The Balaban J connectivity index is 1.53. The summed E-state index contributed by atoms with van der Waals surface area (Å²) in [5.74, 6) is -0.493. The van der Waals surface area contributed by atoms with E-state index in [4.69, 9.17) is 4.74 Å². The molecule has 203 valence electrons. The minimum Gasteiger partial charge on any atom is -0.494 e. The lowest BCUT2D eigenvalue weighted by atomic mass is 9.95. The Bertz CT molecular complexity index is 1260. The van der Waals surface area contributed by atoms with Crippen molar-refractivity contribution < 1.29 is 19.1 Å². The lowest BCUT2D eigenvalue weighted by Gasteiger charge is -2.23. The van der Waals surface area contributed by atoms with Crippen molar-refractivity contribution in [2.45, 2.75) is 45.1 Å². The quantitative estimate of drug-likeness (QED) is 0.330. The van der Waals surface area contributed by atoms with Crippen molar-refractivity contribution in [3.8, 4) is 5.75 Å². The molecule has 1 unspecified atom stereocenters. The van der Waals surface area contributed by atoms with Gasteiger partial charge in [0, 0.05) is 47.9 Å². The summed E-state index contributed by atoms with van der Waals surface area (Å²) in [5, 5.41) is 6.02. The van der Waals surface area contributed by atoms with Crippen LogP contribution in [0.25, 0.3) is 0 Å². The van der Waals surface area contributed by atoms with Crippen molar-refractivity contribution in [3.63, 3.8) is 0 Å². The van der Waals surface area contributed by atoms with Crippen LogP contribution in [0.15, 0.2) is 78.9 Å². The SMILES string of the molecule is [CH2]C(C[C@H](Cc1ccccc1)NC(=O)c1cc(OCCC)cc(N2CCCC2=O)c1)C(=O)Nc1ccccc1. The second-order valence-electron chi connectivity index (χ2n) is 9.86. The Kier molecular flexibility index (Phi) is 9.73. The van der Waals surface area contributed by atoms with Gasteiger partial charge in [0.1, 0.15) is 5.75 Å². The van der Waals surface area contributed by atoms with Crippen molar-refractivity contribution in [1.82, 2.24) is 5.32 Å². The van der Waals surface area contributed by atoms with Crippen molar-refractivity contribution in [3.05, 3.63) is 96.9 Å². The average molecular weight is 527 g/mol. The minimum atomic E-state index is -0.587. The average Bonchev–Trinajstić information content (AvgIpc) is 3.38. The van der Waals surface area contributed by atoms with E-state index in [9.17, 15) is 14.4 Å². The van der Waals surface area contributed by atoms with Crippen molar-refractivity contribution in [2.75, 3.05) is 23.4 Å². The van der Waals surface area contributed by atoms with E-state index in [2.05, 4.69) is 17.6 Å². The van der Waals surface area contributed by atoms with Crippen molar-refractivity contribution in [1.29, 1.82) is 0 Å². The highest BCUT2D eigenvalue weighted by Crippen LogP contribution is 2.28. The fourth-order valence-corrected chi connectivity index (χ4v) is 4.67. The summed E-state index contributed by atoms with van der Waals surface area (Å²) >= 11 is 0. The van der Waals surface area contributed by atoms with Crippen LogP contribution >= 0.6 is 0 Å². The Hall–Kier alpha value is -4.13. The second-order valence-corrected chi connectivity index (χ2v) is 9.86. The van der Waals surface area contributed by atoms with Crippen LogP contribution < -0.4 is 20.3 Å². The first kappa shape index (κ1) is 27.9. The fraction of sp³-hybridized carbons (Fsp3) is 0.312. The topological polar surface area (TPSA) is 87.7 Å². The van der Waals surface area contributed by atoms with Gasteiger partial charge in [0.2, 0.25) is 11.8 Å². The number of ether oxygens (including phenoxy) is 1. The number of carbonyl (C=O) groups excluding carboxylic acids is 3. The van der Waals surface area contributed by atoms with Gasteiger partial charge in [-0.05, 0) is 62.4 Å². The monoisotopic (exact) mass is 526 g/mol. The number of amides is 3. The number of anilines is 2. The van der Waals surface area contributed by atoms with E-state index in [0.717, 1.165) is 18.4 Å². The number of nitrogens with zero attached hydrogens (tertiary/aromatic N) is 1. The molecule has 2 atom stereocenters. The Morgan fingerprint density at radius 2 is 1.74 bits per heavy atom. The van der Waals surface area contributed by atoms with Gasteiger partial charge in [0.05, 0.1) is 6.61 Å². The number of carbonyl (C=O) groups is 3. The van der Waals surface area contributed by atoms with Gasteiger partial charge < -0.3 is 20.3 Å². The van der Waals surface area contributed by atoms with Crippen molar-refractivity contribution >= 4 is 29.1 Å². The molecule has 4 rings (SSSR count). The highest BCUT2D eigenvalue weighted by Gasteiger charge is 2.25. The fourth-order valence-electron chi connectivity index (χ4n) is 4.67. The predicted octanol–water partition coefficient (Wildman–Crippen LogP) is 5.42. The maximum Gasteiger partial charge on any atom is 0.251 e. The molecule has 0 spiro atoms. The molecule has 1 heterocycles. The molecule has 0 bridgehead atoms. The third kappa shape index (κ3) is 7.93. The molecule has 1 radical (unpaired) electrons. The van der Waals surface area contributed by atoms with Gasteiger partial charge >= 0.3 is 0 Å². The minimum absolute atomic E-state index is 0.0419. The summed E-state index contributed by atoms with van der Waals surface area (Å²) in [5.41, 5.74) is 2.81. The molecular formula is C32H36N3O4. The molecule has 39 heavy (non-hydrogen) atoms. The molecule has 1 aliphatic heterocycles. The van der Waals surface area contributed by atoms with E-state index in [1.165, 1.54) is 0 Å². The van der Waals surface area contributed by atoms with Crippen LogP contribution in [0.5, 0.6) is 5.75 Å². The largest absolute Gasteiger partial charge is 0.494 e. The standard InChI is InChI=1S/C32H36N3O4/c1-3-17-39-29-21-25(20-28(22-29)35-16-10-15-30(35)36)32(38)34-27(19-24-11-6-4-7-12-24)18-23(2)31(37)33-26-13-8-5-9-14-26/h4-9,11-14,20-23,27H,2-3,10,15-19H2,1H3,(H,33,37)(H,34,38)/t23?,27-/m1/s1. The van der Waals surface area contributed by atoms with E-state index in [1.54, 1.807) is 17.0 Å². The number of hydrogen-bond donors (Lipinski definition) is 2. The van der Waals surface area contributed by atoms with Gasteiger partial charge in [-0.3, -0.25) is 14.4 Å². The molecule has 7 nitrogen and oxygen atoms in total. The molecule has 0 aliphatic carbocycles. The third-order valence-corrected chi connectivity index (χ3v) is 6.65. The molecule has 1 aliphatic rings. The normalized spacial score (nSPS) is 14.5. The maximum absolute atomic E-state index is 13.6. The van der Waals surface area contributed by atoms with Crippen molar-refractivity contribution in [2.24, 2.45) is 5.92 Å². The molecule has 0 aromatic heterocycles. The molecule has 0 saturated carbocycles. The number of benzene rings is 3. The van der Waals surface area contributed by atoms with Gasteiger partial charge in [-0.15, -0.1) is 0 Å². The van der Waals surface area contributed by atoms with Crippen LogP contribution in [0.1, 0.15) is 48.5 Å². The smallest absolute Gasteiger partial charge is 0.251 e. The molecule has 3 amide bonds. The second kappa shape index (κ2) is 13.6. The Morgan fingerprint density at radius 3 is 2.41 bits per heavy atom. The molecule has 7 heteroatoms. The van der Waals surface area contributed by atoms with Gasteiger partial charge in [-0.25, -0.2) is 0 Å². The number of hydrogen-bond acceptors (Lipinski definition) is 4. The van der Waals surface area contributed by atoms with Crippen LogP contribution in [-0.4, -0.2) is 36.9 Å². The zero-order valence-corrected chi connectivity index (χ0v) is 22.4. The Labute approximate surface area is 230 Å². The van der Waals surface area contributed by atoms with Gasteiger partial charge in [0.25, 0.3) is 5.91 Å². The first-order valence-electron chi connectivity index (χ1n) is 13.5. The Morgan fingerprint density at radius 1 is 1.03 bits per heavy atom. The molecule has 1 fully saturated rings. The summed E-state index contributed by atoms with van der Waals surface area (Å²) in [4.78, 5) is 40.6. The lowest BCUT2D eigenvalue weighted by molar-refractivity contribution is -0.119. The lowest BCUT2D eigenvalue weighted by Crippen LogP contribution is -2.39. The number of nitrogens with one attached hydrogen (secondary N) is 2. The zero-order chi connectivity index (χ0) is 27.6. The molecule has 3 aromatic rings. The molecule has 1 saturated heterocycles. The van der Waals surface area contributed by atoms with Gasteiger partial charge in [0.15, 0.2) is 0 Å². The van der Waals surface area contributed by atoms with Gasteiger partial charge in [-0.2, -0.15) is 0 Å².